The summed E-state index contributed by atoms with van der Waals surface area (Å²) in [5.74, 6) is -0.768. The van der Waals surface area contributed by atoms with Crippen molar-refractivity contribution in [2.45, 2.75) is 6.10 Å². The molecule has 1 atom stereocenters. The Bertz CT molecular complexity index is 518. The molecule has 0 bridgehead atoms. The highest BCUT2D eigenvalue weighted by Gasteiger charge is 2.17. The molecule has 1 aromatic carbocycles. The lowest BCUT2D eigenvalue weighted by atomic mass is 10.1. The number of hydrogen-bond acceptors (Lipinski definition) is 6. The molecule has 2 amide bonds. The molecule has 1 aromatic rings. The second-order valence-corrected chi connectivity index (χ2v) is 3.92. The van der Waals surface area contributed by atoms with E-state index in [4.69, 9.17) is 20.9 Å². The first-order valence-electron chi connectivity index (χ1n) is 5.67. The lowest BCUT2D eigenvalue weighted by Crippen LogP contribution is -2.40. The van der Waals surface area contributed by atoms with Crippen molar-refractivity contribution in [1.29, 1.82) is 0 Å². The SMILES string of the molecule is COc1cc(N)c(C(=O)NCC(O)C(N)=O)cc1OC. The van der Waals surface area contributed by atoms with Gasteiger partial charge in [0, 0.05) is 11.8 Å². The van der Waals surface area contributed by atoms with E-state index >= 15 is 0 Å². The molecule has 0 heterocycles. The zero-order valence-corrected chi connectivity index (χ0v) is 11.2. The van der Waals surface area contributed by atoms with E-state index in [1.807, 2.05) is 0 Å². The number of primary amides is 1. The lowest BCUT2D eigenvalue weighted by molar-refractivity contribution is -0.125. The average molecular weight is 283 g/mol. The molecule has 8 heteroatoms. The highest BCUT2D eigenvalue weighted by molar-refractivity contribution is 6.00. The third-order valence-corrected chi connectivity index (χ3v) is 2.58. The van der Waals surface area contributed by atoms with Gasteiger partial charge >= 0.3 is 0 Å². The molecule has 0 aromatic heterocycles. The fourth-order valence-electron chi connectivity index (χ4n) is 1.48. The minimum absolute atomic E-state index is 0.138. The Labute approximate surface area is 115 Å². The van der Waals surface area contributed by atoms with Crippen molar-refractivity contribution in [3.05, 3.63) is 17.7 Å². The van der Waals surface area contributed by atoms with Crippen molar-refractivity contribution in [1.82, 2.24) is 5.32 Å². The number of aliphatic hydroxyl groups is 1. The maximum atomic E-state index is 11.9. The largest absolute Gasteiger partial charge is 0.493 e. The maximum absolute atomic E-state index is 11.9. The zero-order chi connectivity index (χ0) is 15.3. The number of nitrogens with two attached hydrogens (primary N) is 2. The molecule has 20 heavy (non-hydrogen) atoms. The van der Waals surface area contributed by atoms with E-state index in [-0.39, 0.29) is 17.8 Å². The summed E-state index contributed by atoms with van der Waals surface area (Å²) in [5, 5.41) is 11.6. The van der Waals surface area contributed by atoms with Gasteiger partial charge in [0.15, 0.2) is 11.5 Å². The molecule has 1 rings (SSSR count). The van der Waals surface area contributed by atoms with Gasteiger partial charge < -0.3 is 31.4 Å². The number of nitrogen functional groups attached to an aromatic ring is 1. The van der Waals surface area contributed by atoms with Gasteiger partial charge in [-0.3, -0.25) is 9.59 Å². The van der Waals surface area contributed by atoms with E-state index < -0.39 is 17.9 Å². The predicted octanol–water partition coefficient (Wildman–Crippen LogP) is -1.14. The van der Waals surface area contributed by atoms with Crippen LogP contribution in [0, 0.1) is 0 Å². The molecule has 6 N–H and O–H groups in total. The van der Waals surface area contributed by atoms with Crippen LogP contribution in [0.1, 0.15) is 10.4 Å². The van der Waals surface area contributed by atoms with Crippen molar-refractivity contribution < 1.29 is 24.2 Å². The summed E-state index contributed by atoms with van der Waals surface area (Å²) in [7, 11) is 2.87. The smallest absolute Gasteiger partial charge is 0.253 e. The van der Waals surface area contributed by atoms with E-state index in [9.17, 15) is 14.7 Å². The Balaban J connectivity index is 2.90. The predicted molar refractivity (Wildman–Crippen MR) is 71.5 cm³/mol. The molecule has 0 spiro atoms. The van der Waals surface area contributed by atoms with Gasteiger partial charge in [-0.05, 0) is 6.07 Å². The third-order valence-electron chi connectivity index (χ3n) is 2.58. The van der Waals surface area contributed by atoms with Crippen molar-refractivity contribution >= 4 is 17.5 Å². The summed E-state index contributed by atoms with van der Waals surface area (Å²) < 4.78 is 10.1. The van der Waals surface area contributed by atoms with Gasteiger partial charge in [-0.15, -0.1) is 0 Å². The Hall–Kier alpha value is -2.48. The minimum Gasteiger partial charge on any atom is -0.493 e. The molecule has 1 unspecified atom stereocenters. The molecule has 0 saturated carbocycles. The quantitative estimate of drug-likeness (QED) is 0.487. The van der Waals surface area contributed by atoms with Crippen molar-refractivity contribution in [2.75, 3.05) is 26.5 Å². The second-order valence-electron chi connectivity index (χ2n) is 3.92. The van der Waals surface area contributed by atoms with Crippen LogP contribution in [0.4, 0.5) is 5.69 Å². The first-order valence-corrected chi connectivity index (χ1v) is 5.67. The Morgan fingerprint density at radius 3 is 2.35 bits per heavy atom. The fraction of sp³-hybridized carbons (Fsp3) is 0.333. The fourth-order valence-corrected chi connectivity index (χ4v) is 1.48. The van der Waals surface area contributed by atoms with Gasteiger partial charge in [-0.1, -0.05) is 0 Å². The van der Waals surface area contributed by atoms with Gasteiger partial charge in [0.2, 0.25) is 5.91 Å². The summed E-state index contributed by atoms with van der Waals surface area (Å²) in [6.45, 7) is -0.304. The molecule has 0 aliphatic carbocycles. The van der Waals surface area contributed by atoms with Crippen LogP contribution < -0.4 is 26.3 Å². The number of nitrogens with one attached hydrogen (secondary N) is 1. The molecular weight excluding hydrogens is 266 g/mol. The number of hydrogen-bond donors (Lipinski definition) is 4. The number of ether oxygens (including phenoxy) is 2. The highest BCUT2D eigenvalue weighted by Crippen LogP contribution is 2.31. The van der Waals surface area contributed by atoms with Crippen LogP contribution in [0.15, 0.2) is 12.1 Å². The Morgan fingerprint density at radius 1 is 1.30 bits per heavy atom. The van der Waals surface area contributed by atoms with Crippen molar-refractivity contribution in [3.63, 3.8) is 0 Å². The normalized spacial score (nSPS) is 11.6. The van der Waals surface area contributed by atoms with Gasteiger partial charge in [0.05, 0.1) is 26.3 Å². The summed E-state index contributed by atoms with van der Waals surface area (Å²) in [4.78, 5) is 22.6. The summed E-state index contributed by atoms with van der Waals surface area (Å²) >= 11 is 0. The maximum Gasteiger partial charge on any atom is 0.253 e. The summed E-state index contributed by atoms with van der Waals surface area (Å²) in [6.07, 6.45) is -1.46. The third kappa shape index (κ3) is 3.51. The molecule has 0 fully saturated rings. The molecule has 0 aliphatic heterocycles. The van der Waals surface area contributed by atoms with Crippen molar-refractivity contribution in [2.24, 2.45) is 5.73 Å². The highest BCUT2D eigenvalue weighted by atomic mass is 16.5. The molecule has 8 nitrogen and oxygen atoms in total. The average Bonchev–Trinajstić information content (AvgIpc) is 2.43. The number of amides is 2. The number of methoxy groups -OCH3 is 2. The van der Waals surface area contributed by atoms with E-state index in [2.05, 4.69) is 5.32 Å². The van der Waals surface area contributed by atoms with Crippen LogP contribution in [-0.4, -0.2) is 43.8 Å². The Kier molecular flexibility index (Phi) is 5.15. The van der Waals surface area contributed by atoms with E-state index in [0.29, 0.717) is 11.5 Å². The van der Waals surface area contributed by atoms with Crippen molar-refractivity contribution in [3.8, 4) is 11.5 Å². The number of aliphatic hydroxyl groups excluding tert-OH is 1. The van der Waals surface area contributed by atoms with Gasteiger partial charge in [-0.2, -0.15) is 0 Å². The first-order chi connectivity index (χ1) is 9.40. The van der Waals surface area contributed by atoms with Gasteiger partial charge in [0.25, 0.3) is 5.91 Å². The molecule has 0 saturated heterocycles. The van der Waals surface area contributed by atoms with E-state index in [1.165, 1.54) is 26.4 Å². The van der Waals surface area contributed by atoms with Crippen LogP contribution in [0.25, 0.3) is 0 Å². The van der Waals surface area contributed by atoms with Crippen LogP contribution >= 0.6 is 0 Å². The van der Waals surface area contributed by atoms with Crippen LogP contribution in [0.2, 0.25) is 0 Å². The van der Waals surface area contributed by atoms with E-state index in [1.54, 1.807) is 0 Å². The summed E-state index contributed by atoms with van der Waals surface area (Å²) in [5.41, 5.74) is 10.9. The molecule has 0 radical (unpaired) electrons. The monoisotopic (exact) mass is 283 g/mol. The molecule has 110 valence electrons. The topological polar surface area (TPSA) is 137 Å². The zero-order valence-electron chi connectivity index (χ0n) is 11.2. The lowest BCUT2D eigenvalue weighted by Gasteiger charge is -2.13. The van der Waals surface area contributed by atoms with Crippen LogP contribution in [0.3, 0.4) is 0 Å². The van der Waals surface area contributed by atoms with E-state index in [0.717, 1.165) is 0 Å². The van der Waals surface area contributed by atoms with Gasteiger partial charge in [0.1, 0.15) is 6.10 Å². The first kappa shape index (κ1) is 15.6. The molecular formula is C12H17N3O5. The number of rotatable bonds is 6. The van der Waals surface area contributed by atoms with Crippen LogP contribution in [0.5, 0.6) is 11.5 Å². The number of carbonyl (C=O) groups excluding carboxylic acids is 2. The Morgan fingerprint density at radius 2 is 1.85 bits per heavy atom. The minimum atomic E-state index is -1.46. The number of benzene rings is 1. The standard InChI is InChI=1S/C12H17N3O5/c1-19-9-3-6(7(13)4-10(9)20-2)12(18)15-5-8(16)11(14)17/h3-4,8,16H,5,13H2,1-2H3,(H2,14,17)(H,15,18). The number of carbonyl (C=O) groups is 2. The van der Waals surface area contributed by atoms with Gasteiger partial charge in [-0.25, -0.2) is 0 Å². The van der Waals surface area contributed by atoms with Crippen LogP contribution in [-0.2, 0) is 4.79 Å². The summed E-state index contributed by atoms with van der Waals surface area (Å²) in [6, 6.07) is 2.85. The number of anilines is 1. The second kappa shape index (κ2) is 6.62. The molecule has 0 aliphatic rings.